The number of fused-ring (bicyclic) bond motifs is 1. The van der Waals surface area contributed by atoms with E-state index < -0.39 is 0 Å². The number of nitrogens with one attached hydrogen (secondary N) is 1. The molecule has 0 saturated carbocycles. The van der Waals surface area contributed by atoms with Gasteiger partial charge in [-0.25, -0.2) is 19.3 Å². The van der Waals surface area contributed by atoms with Crippen LogP contribution in [0.1, 0.15) is 0 Å². The summed E-state index contributed by atoms with van der Waals surface area (Å²) in [6.45, 7) is 0. The molecule has 0 radical (unpaired) electrons. The van der Waals surface area contributed by atoms with Crippen LogP contribution in [0.15, 0.2) is 35.2 Å². The number of H-pyrrole nitrogens is 1. The van der Waals surface area contributed by atoms with Gasteiger partial charge in [-0.2, -0.15) is 0 Å². The molecular formula is C11H6BrFN4. The molecule has 6 heteroatoms. The fourth-order valence-electron chi connectivity index (χ4n) is 1.58. The Morgan fingerprint density at radius 2 is 2.18 bits per heavy atom. The number of nitrogens with zero attached hydrogens (tertiary/aromatic N) is 3. The van der Waals surface area contributed by atoms with Gasteiger partial charge in [0, 0.05) is 5.56 Å². The third-order valence-electron chi connectivity index (χ3n) is 2.37. The fraction of sp³-hybridized carbons (Fsp3) is 0. The van der Waals surface area contributed by atoms with Crippen molar-refractivity contribution in [3.8, 4) is 11.4 Å². The van der Waals surface area contributed by atoms with Crippen molar-refractivity contribution >= 4 is 27.1 Å². The van der Waals surface area contributed by atoms with E-state index in [-0.39, 0.29) is 5.82 Å². The minimum atomic E-state index is -0.325. The zero-order valence-electron chi connectivity index (χ0n) is 8.48. The van der Waals surface area contributed by atoms with Gasteiger partial charge in [-0.05, 0) is 28.1 Å². The number of halogens is 2. The molecule has 0 aliphatic heterocycles. The van der Waals surface area contributed by atoms with Crippen LogP contribution >= 0.6 is 15.9 Å². The Morgan fingerprint density at radius 1 is 1.29 bits per heavy atom. The van der Waals surface area contributed by atoms with Gasteiger partial charge in [0.1, 0.15) is 23.5 Å². The molecule has 0 spiro atoms. The summed E-state index contributed by atoms with van der Waals surface area (Å²) in [6, 6.07) is 4.79. The summed E-state index contributed by atoms with van der Waals surface area (Å²) in [6.07, 6.45) is 3.06. The van der Waals surface area contributed by atoms with Crippen molar-refractivity contribution in [3.63, 3.8) is 0 Å². The van der Waals surface area contributed by atoms with Gasteiger partial charge in [0.15, 0.2) is 5.65 Å². The van der Waals surface area contributed by atoms with E-state index in [4.69, 9.17) is 0 Å². The van der Waals surface area contributed by atoms with Gasteiger partial charge in [0.25, 0.3) is 0 Å². The molecule has 0 amide bonds. The number of rotatable bonds is 1. The van der Waals surface area contributed by atoms with Crippen molar-refractivity contribution in [2.75, 3.05) is 0 Å². The van der Waals surface area contributed by atoms with Gasteiger partial charge < -0.3 is 4.98 Å². The number of benzene rings is 1. The van der Waals surface area contributed by atoms with Gasteiger partial charge in [-0.15, -0.1) is 0 Å². The Balaban J connectivity index is 2.24. The van der Waals surface area contributed by atoms with Crippen LogP contribution in [0.4, 0.5) is 4.39 Å². The lowest BCUT2D eigenvalue weighted by Crippen LogP contribution is -1.85. The van der Waals surface area contributed by atoms with E-state index in [0.29, 0.717) is 21.5 Å². The first kappa shape index (κ1) is 10.3. The van der Waals surface area contributed by atoms with Crippen molar-refractivity contribution in [1.82, 2.24) is 19.9 Å². The van der Waals surface area contributed by atoms with Crippen molar-refractivity contribution < 1.29 is 4.39 Å². The SMILES string of the molecule is Fc1cccc(-c2nc3ncncc3[nH]2)c1Br. The summed E-state index contributed by atoms with van der Waals surface area (Å²) in [5.74, 6) is 0.237. The lowest BCUT2D eigenvalue weighted by Gasteiger charge is -2.00. The standard InChI is InChI=1S/C11H6BrFN4/c12-9-6(2-1-3-7(9)13)10-16-8-4-14-5-15-11(8)17-10/h1-5H,(H,14,15,16,17). The van der Waals surface area contributed by atoms with E-state index in [2.05, 4.69) is 35.9 Å². The van der Waals surface area contributed by atoms with Crippen molar-refractivity contribution in [3.05, 3.63) is 41.0 Å². The third kappa shape index (κ3) is 1.70. The van der Waals surface area contributed by atoms with E-state index in [0.717, 1.165) is 5.52 Å². The Bertz CT molecular complexity index is 662. The topological polar surface area (TPSA) is 54.5 Å². The van der Waals surface area contributed by atoms with E-state index >= 15 is 0 Å². The summed E-state index contributed by atoms with van der Waals surface area (Å²) in [4.78, 5) is 15.2. The first-order valence-corrected chi connectivity index (χ1v) is 5.65. The summed E-state index contributed by atoms with van der Waals surface area (Å²) in [7, 11) is 0. The van der Waals surface area contributed by atoms with Crippen LogP contribution in [-0.2, 0) is 0 Å². The average Bonchev–Trinajstić information content (AvgIpc) is 2.76. The monoisotopic (exact) mass is 292 g/mol. The summed E-state index contributed by atoms with van der Waals surface area (Å²) < 4.78 is 13.8. The number of hydrogen-bond acceptors (Lipinski definition) is 3. The Hall–Kier alpha value is -1.82. The predicted octanol–water partition coefficient (Wildman–Crippen LogP) is 2.92. The lowest BCUT2D eigenvalue weighted by atomic mass is 10.2. The Labute approximate surface area is 104 Å². The highest BCUT2D eigenvalue weighted by atomic mass is 79.9. The number of hydrogen-bond donors (Lipinski definition) is 1. The molecule has 4 nitrogen and oxygen atoms in total. The lowest BCUT2D eigenvalue weighted by molar-refractivity contribution is 0.621. The van der Waals surface area contributed by atoms with Crippen molar-refractivity contribution in [1.29, 1.82) is 0 Å². The van der Waals surface area contributed by atoms with E-state index in [1.54, 1.807) is 18.3 Å². The third-order valence-corrected chi connectivity index (χ3v) is 3.17. The minimum Gasteiger partial charge on any atom is -0.335 e. The van der Waals surface area contributed by atoms with Gasteiger partial charge in [0.05, 0.1) is 10.7 Å². The second-order valence-electron chi connectivity index (χ2n) is 3.45. The second-order valence-corrected chi connectivity index (χ2v) is 4.24. The Morgan fingerprint density at radius 3 is 3.00 bits per heavy atom. The summed E-state index contributed by atoms with van der Waals surface area (Å²) in [5, 5.41) is 0. The van der Waals surface area contributed by atoms with Crippen LogP contribution in [-0.4, -0.2) is 19.9 Å². The molecule has 0 atom stereocenters. The smallest absolute Gasteiger partial charge is 0.181 e. The molecule has 2 aromatic heterocycles. The van der Waals surface area contributed by atoms with Gasteiger partial charge in [-0.1, -0.05) is 6.07 Å². The van der Waals surface area contributed by atoms with Gasteiger partial charge in [-0.3, -0.25) is 0 Å². The molecule has 0 aliphatic rings. The average molecular weight is 293 g/mol. The maximum Gasteiger partial charge on any atom is 0.181 e. The number of aromatic amines is 1. The summed E-state index contributed by atoms with van der Waals surface area (Å²) in [5.41, 5.74) is 1.94. The minimum absolute atomic E-state index is 0.325. The molecule has 0 aliphatic carbocycles. The number of imidazole rings is 1. The highest BCUT2D eigenvalue weighted by Gasteiger charge is 2.11. The molecule has 3 aromatic rings. The second kappa shape index (κ2) is 3.89. The molecule has 84 valence electrons. The van der Waals surface area contributed by atoms with Crippen LogP contribution in [0, 0.1) is 5.82 Å². The Kier molecular flexibility index (Phi) is 2.36. The molecule has 1 aromatic carbocycles. The predicted molar refractivity (Wildman–Crippen MR) is 64.8 cm³/mol. The van der Waals surface area contributed by atoms with E-state index in [9.17, 15) is 4.39 Å². The van der Waals surface area contributed by atoms with Crippen molar-refractivity contribution in [2.45, 2.75) is 0 Å². The van der Waals surface area contributed by atoms with Crippen LogP contribution in [0.5, 0.6) is 0 Å². The maximum atomic E-state index is 13.4. The zero-order chi connectivity index (χ0) is 11.8. The van der Waals surface area contributed by atoms with E-state index in [1.165, 1.54) is 12.4 Å². The normalized spacial score (nSPS) is 10.9. The van der Waals surface area contributed by atoms with Crippen LogP contribution in [0.2, 0.25) is 0 Å². The van der Waals surface area contributed by atoms with Crippen LogP contribution in [0.25, 0.3) is 22.6 Å². The largest absolute Gasteiger partial charge is 0.335 e. The highest BCUT2D eigenvalue weighted by molar-refractivity contribution is 9.10. The first-order chi connectivity index (χ1) is 8.25. The summed E-state index contributed by atoms with van der Waals surface area (Å²) >= 11 is 3.20. The zero-order valence-corrected chi connectivity index (χ0v) is 10.1. The molecule has 0 unspecified atom stereocenters. The molecular weight excluding hydrogens is 287 g/mol. The van der Waals surface area contributed by atoms with Crippen molar-refractivity contribution in [2.24, 2.45) is 0 Å². The molecule has 0 bridgehead atoms. The molecule has 0 fully saturated rings. The van der Waals surface area contributed by atoms with Crippen LogP contribution in [0.3, 0.4) is 0 Å². The molecule has 1 N–H and O–H groups in total. The van der Waals surface area contributed by atoms with Gasteiger partial charge in [0.2, 0.25) is 0 Å². The fourth-order valence-corrected chi connectivity index (χ4v) is 2.03. The quantitative estimate of drug-likeness (QED) is 0.750. The molecule has 17 heavy (non-hydrogen) atoms. The highest BCUT2D eigenvalue weighted by Crippen LogP contribution is 2.29. The molecule has 2 heterocycles. The molecule has 0 saturated heterocycles. The number of aromatic nitrogens is 4. The van der Waals surface area contributed by atoms with E-state index in [1.807, 2.05) is 0 Å². The maximum absolute atomic E-state index is 13.4. The first-order valence-electron chi connectivity index (χ1n) is 4.86. The van der Waals surface area contributed by atoms with Crippen LogP contribution < -0.4 is 0 Å². The molecule has 3 rings (SSSR count). The van der Waals surface area contributed by atoms with Gasteiger partial charge >= 0.3 is 0 Å².